The molecule has 0 bridgehead atoms. The molecule has 0 fully saturated rings. The van der Waals surface area contributed by atoms with Crippen LogP contribution in [0.1, 0.15) is 16.8 Å². The average molecular weight is 332 g/mol. The first-order chi connectivity index (χ1) is 11.1. The molecule has 0 aliphatic heterocycles. The number of esters is 1. The molecule has 1 amide bonds. The summed E-state index contributed by atoms with van der Waals surface area (Å²) in [4.78, 5) is 24.4. The monoisotopic (exact) mass is 332 g/mol. The highest BCUT2D eigenvalue weighted by Gasteiger charge is 2.22. The number of nitrogens with two attached hydrogens (primary N) is 1. The maximum absolute atomic E-state index is 12.6. The molecule has 3 N–H and O–H groups in total. The Balaban J connectivity index is 2.29. The van der Waals surface area contributed by atoms with Gasteiger partial charge in [-0.3, -0.25) is 4.79 Å². The molecule has 0 saturated carbocycles. The molecule has 5 nitrogen and oxygen atoms in total. The summed E-state index contributed by atoms with van der Waals surface area (Å²) in [7, 11) is 1.32. The van der Waals surface area contributed by atoms with Crippen LogP contribution in [0.5, 0.6) is 0 Å². The minimum absolute atomic E-state index is 0.308. The van der Waals surface area contributed by atoms with Gasteiger partial charge in [0.1, 0.15) is 6.04 Å². The van der Waals surface area contributed by atoms with Gasteiger partial charge in [0.15, 0.2) is 0 Å². The number of benzene rings is 2. The Hall–Kier alpha value is -2.21. The second-order valence-corrected chi connectivity index (χ2v) is 6.06. The third-order valence-electron chi connectivity index (χ3n) is 3.60. The second kappa shape index (κ2) is 7.87. The Bertz CT molecular complexity index is 718. The summed E-state index contributed by atoms with van der Waals surface area (Å²) in [5, 5.41) is 4.34. The summed E-state index contributed by atoms with van der Waals surface area (Å²) in [6, 6.07) is 10.2. The number of rotatable bonds is 6. The standard InChI is InChI=1S/C17H20N2O3S/c1-22-17(21)15(9-10-23-2)19-16(20)13-7-8-14(18)12-6-4-3-5-11(12)13/h3-8,15H,9-10,18H2,1-2H3,(H,19,20)/t15-/m0/s1. The van der Waals surface area contributed by atoms with Gasteiger partial charge in [-0.1, -0.05) is 24.3 Å². The van der Waals surface area contributed by atoms with Gasteiger partial charge in [0.05, 0.1) is 7.11 Å². The quantitative estimate of drug-likeness (QED) is 0.627. The summed E-state index contributed by atoms with van der Waals surface area (Å²) in [6.45, 7) is 0. The molecule has 0 aliphatic rings. The highest BCUT2D eigenvalue weighted by molar-refractivity contribution is 7.98. The Morgan fingerprint density at radius 2 is 1.91 bits per heavy atom. The maximum Gasteiger partial charge on any atom is 0.328 e. The molecule has 0 unspecified atom stereocenters. The number of carbonyl (C=O) groups is 2. The van der Waals surface area contributed by atoms with Crippen molar-refractivity contribution in [3.63, 3.8) is 0 Å². The lowest BCUT2D eigenvalue weighted by Crippen LogP contribution is -2.42. The topological polar surface area (TPSA) is 81.4 Å². The number of amides is 1. The van der Waals surface area contributed by atoms with Gasteiger partial charge in [-0.25, -0.2) is 4.79 Å². The molecule has 0 heterocycles. The Morgan fingerprint density at radius 3 is 2.57 bits per heavy atom. The van der Waals surface area contributed by atoms with Crippen molar-refractivity contribution in [1.29, 1.82) is 0 Å². The number of nitrogens with one attached hydrogen (secondary N) is 1. The number of carbonyl (C=O) groups excluding carboxylic acids is 2. The van der Waals surface area contributed by atoms with E-state index < -0.39 is 12.0 Å². The van der Waals surface area contributed by atoms with Gasteiger partial charge in [-0.05, 0) is 35.9 Å². The van der Waals surface area contributed by atoms with E-state index in [1.54, 1.807) is 23.9 Å². The summed E-state index contributed by atoms with van der Waals surface area (Å²) in [5.41, 5.74) is 7.06. The predicted molar refractivity (Wildman–Crippen MR) is 94.6 cm³/mol. The molecule has 6 heteroatoms. The van der Waals surface area contributed by atoms with Crippen molar-refractivity contribution in [3.05, 3.63) is 42.0 Å². The first kappa shape index (κ1) is 17.1. The van der Waals surface area contributed by atoms with Crippen molar-refractivity contribution in [2.45, 2.75) is 12.5 Å². The fraction of sp³-hybridized carbons (Fsp3) is 0.294. The number of fused-ring (bicyclic) bond motifs is 1. The molecule has 122 valence electrons. The number of anilines is 1. The molecule has 0 aliphatic carbocycles. The fourth-order valence-corrected chi connectivity index (χ4v) is 2.85. The number of nitrogen functional groups attached to an aromatic ring is 1. The fourth-order valence-electron chi connectivity index (χ4n) is 2.38. The zero-order valence-corrected chi connectivity index (χ0v) is 14.0. The smallest absolute Gasteiger partial charge is 0.328 e. The minimum Gasteiger partial charge on any atom is -0.467 e. The highest BCUT2D eigenvalue weighted by Crippen LogP contribution is 2.24. The van der Waals surface area contributed by atoms with Crippen LogP contribution in [0, 0.1) is 0 Å². The molecular formula is C17H20N2O3S. The van der Waals surface area contributed by atoms with Gasteiger partial charge < -0.3 is 15.8 Å². The van der Waals surface area contributed by atoms with Crippen LogP contribution in [-0.2, 0) is 9.53 Å². The first-order valence-electron chi connectivity index (χ1n) is 7.23. The van der Waals surface area contributed by atoms with Crippen LogP contribution in [0.4, 0.5) is 5.69 Å². The van der Waals surface area contributed by atoms with Gasteiger partial charge in [-0.15, -0.1) is 0 Å². The summed E-state index contributed by atoms with van der Waals surface area (Å²) < 4.78 is 4.77. The van der Waals surface area contributed by atoms with E-state index in [1.807, 2.05) is 30.5 Å². The molecule has 0 aromatic heterocycles. The van der Waals surface area contributed by atoms with E-state index in [1.165, 1.54) is 7.11 Å². The van der Waals surface area contributed by atoms with E-state index in [4.69, 9.17) is 10.5 Å². The molecule has 2 aromatic carbocycles. The highest BCUT2D eigenvalue weighted by atomic mass is 32.2. The van der Waals surface area contributed by atoms with Crippen LogP contribution < -0.4 is 11.1 Å². The van der Waals surface area contributed by atoms with Crippen molar-refractivity contribution < 1.29 is 14.3 Å². The van der Waals surface area contributed by atoms with E-state index in [0.29, 0.717) is 17.7 Å². The molecule has 23 heavy (non-hydrogen) atoms. The van der Waals surface area contributed by atoms with Crippen molar-refractivity contribution in [2.75, 3.05) is 24.9 Å². The third kappa shape index (κ3) is 3.96. The zero-order chi connectivity index (χ0) is 16.8. The third-order valence-corrected chi connectivity index (χ3v) is 4.25. The Kier molecular flexibility index (Phi) is 5.87. The van der Waals surface area contributed by atoms with E-state index >= 15 is 0 Å². The predicted octanol–water partition coefficient (Wildman–Crippen LogP) is 2.45. The summed E-state index contributed by atoms with van der Waals surface area (Å²) in [5.74, 6) is 0.00701. The number of methoxy groups -OCH3 is 1. The van der Waals surface area contributed by atoms with E-state index in [-0.39, 0.29) is 5.91 Å². The van der Waals surface area contributed by atoms with Crippen LogP contribution in [0.15, 0.2) is 36.4 Å². The van der Waals surface area contributed by atoms with Crippen LogP contribution in [0.25, 0.3) is 10.8 Å². The van der Waals surface area contributed by atoms with Gasteiger partial charge in [0.2, 0.25) is 0 Å². The summed E-state index contributed by atoms with van der Waals surface area (Å²) >= 11 is 1.61. The van der Waals surface area contributed by atoms with E-state index in [0.717, 1.165) is 16.5 Å². The van der Waals surface area contributed by atoms with Crippen LogP contribution >= 0.6 is 11.8 Å². The van der Waals surface area contributed by atoms with E-state index in [2.05, 4.69) is 5.32 Å². The lowest BCUT2D eigenvalue weighted by atomic mass is 10.0. The zero-order valence-electron chi connectivity index (χ0n) is 13.2. The lowest BCUT2D eigenvalue weighted by Gasteiger charge is -2.17. The van der Waals surface area contributed by atoms with Crippen LogP contribution in [0.3, 0.4) is 0 Å². The Morgan fingerprint density at radius 1 is 1.22 bits per heavy atom. The minimum atomic E-state index is -0.656. The lowest BCUT2D eigenvalue weighted by molar-refractivity contribution is -0.142. The maximum atomic E-state index is 12.6. The first-order valence-corrected chi connectivity index (χ1v) is 8.62. The van der Waals surface area contributed by atoms with Gasteiger partial charge in [-0.2, -0.15) is 11.8 Å². The van der Waals surface area contributed by atoms with Crippen LogP contribution in [-0.4, -0.2) is 37.0 Å². The Labute approximate surface area is 139 Å². The van der Waals surface area contributed by atoms with Crippen molar-refractivity contribution >= 4 is 40.1 Å². The van der Waals surface area contributed by atoms with Gasteiger partial charge >= 0.3 is 5.97 Å². The normalized spacial score (nSPS) is 11.9. The largest absolute Gasteiger partial charge is 0.467 e. The van der Waals surface area contributed by atoms with Crippen molar-refractivity contribution in [3.8, 4) is 0 Å². The molecule has 2 aromatic rings. The van der Waals surface area contributed by atoms with Gasteiger partial charge in [0, 0.05) is 16.6 Å². The SMILES string of the molecule is COC(=O)[C@H](CCSC)NC(=O)c1ccc(N)c2ccccc12. The molecule has 2 rings (SSSR count). The van der Waals surface area contributed by atoms with Crippen molar-refractivity contribution in [2.24, 2.45) is 0 Å². The number of thioether (sulfide) groups is 1. The molecule has 1 atom stereocenters. The molecule has 0 saturated heterocycles. The van der Waals surface area contributed by atoms with E-state index in [9.17, 15) is 9.59 Å². The molecule has 0 radical (unpaired) electrons. The molecule has 0 spiro atoms. The number of hydrogen-bond donors (Lipinski definition) is 2. The van der Waals surface area contributed by atoms with Gasteiger partial charge in [0.25, 0.3) is 5.91 Å². The van der Waals surface area contributed by atoms with Crippen molar-refractivity contribution in [1.82, 2.24) is 5.32 Å². The summed E-state index contributed by atoms with van der Waals surface area (Å²) in [6.07, 6.45) is 2.47. The second-order valence-electron chi connectivity index (χ2n) is 5.08. The number of hydrogen-bond acceptors (Lipinski definition) is 5. The molecular weight excluding hydrogens is 312 g/mol. The van der Waals surface area contributed by atoms with Crippen LogP contribution in [0.2, 0.25) is 0 Å². The number of ether oxygens (including phenoxy) is 1. The average Bonchev–Trinajstić information content (AvgIpc) is 2.58.